The third kappa shape index (κ3) is 5.17. The molecule has 1 amide bonds. The van der Waals surface area contributed by atoms with E-state index < -0.39 is 5.97 Å². The topological polar surface area (TPSA) is 98.3 Å². The van der Waals surface area contributed by atoms with Crippen LogP contribution in [0.3, 0.4) is 0 Å². The molecule has 37 heavy (non-hydrogen) atoms. The Morgan fingerprint density at radius 3 is 2.32 bits per heavy atom. The second-order valence-corrected chi connectivity index (χ2v) is 10.5. The molecule has 6 rings (SSSR count). The lowest BCUT2D eigenvalue weighted by Gasteiger charge is -2.35. The number of carboxylic acid groups (broad SMARTS) is 1. The van der Waals surface area contributed by atoms with Gasteiger partial charge in [0.15, 0.2) is 5.82 Å². The minimum atomic E-state index is -0.619. The summed E-state index contributed by atoms with van der Waals surface area (Å²) in [6, 6.07) is 19.3. The maximum atomic E-state index is 12.2. The Labute approximate surface area is 217 Å². The van der Waals surface area contributed by atoms with E-state index in [1.54, 1.807) is 0 Å². The Morgan fingerprint density at radius 1 is 1.00 bits per heavy atom. The van der Waals surface area contributed by atoms with E-state index >= 15 is 0 Å². The predicted octanol–water partition coefficient (Wildman–Crippen LogP) is 5.25. The number of carboxylic acids is 1. The molecular weight excluding hydrogens is 464 g/mol. The molecule has 1 atom stereocenters. The molecule has 3 aromatic rings. The quantitative estimate of drug-likeness (QED) is 0.431. The number of fused-ring (bicyclic) bond motifs is 1. The molecule has 7 nitrogen and oxygen atoms in total. The van der Waals surface area contributed by atoms with Gasteiger partial charge in [-0.05, 0) is 48.9 Å². The summed E-state index contributed by atoms with van der Waals surface area (Å²) in [5.74, 6) is 0.256. The minimum Gasteiger partial charge on any atom is -0.481 e. The van der Waals surface area contributed by atoms with Gasteiger partial charge in [0.2, 0.25) is 5.91 Å². The molecule has 0 spiro atoms. The minimum absolute atomic E-state index is 0.000000000000000444. The number of nitrogens with zero attached hydrogens (tertiary/aromatic N) is 2. The summed E-state index contributed by atoms with van der Waals surface area (Å²) < 4.78 is 0. The maximum absolute atomic E-state index is 12.2. The molecule has 1 heterocycles. The number of anilines is 2. The Morgan fingerprint density at radius 2 is 1.73 bits per heavy atom. The van der Waals surface area contributed by atoms with Crippen molar-refractivity contribution in [1.82, 2.24) is 10.2 Å². The van der Waals surface area contributed by atoms with Crippen molar-refractivity contribution in [3.8, 4) is 0 Å². The third-order valence-corrected chi connectivity index (χ3v) is 7.68. The van der Waals surface area contributed by atoms with Gasteiger partial charge in [-0.3, -0.25) is 14.7 Å². The first-order valence-electron chi connectivity index (χ1n) is 13.0. The summed E-state index contributed by atoms with van der Waals surface area (Å²) in [5, 5.41) is 18.9. The summed E-state index contributed by atoms with van der Waals surface area (Å²) in [7, 11) is 4.12. The van der Waals surface area contributed by atoms with E-state index in [0.29, 0.717) is 5.82 Å². The molecule has 1 aromatic heterocycles. The number of hydrogen-bond donors (Lipinski definition) is 3. The van der Waals surface area contributed by atoms with Crippen molar-refractivity contribution < 1.29 is 14.7 Å². The number of amides is 1. The fourth-order valence-corrected chi connectivity index (χ4v) is 4.94. The Hall–Kier alpha value is -3.87. The first-order valence-corrected chi connectivity index (χ1v) is 13.0. The zero-order chi connectivity index (χ0) is 26.0. The van der Waals surface area contributed by atoms with Crippen LogP contribution in [0.4, 0.5) is 11.5 Å². The van der Waals surface area contributed by atoms with Crippen LogP contribution in [0.15, 0.2) is 60.7 Å². The van der Waals surface area contributed by atoms with E-state index in [0.717, 1.165) is 49.8 Å². The number of carbonyl (C=O) groups is 2. The highest BCUT2D eigenvalue weighted by atomic mass is 16.4. The van der Waals surface area contributed by atoms with Gasteiger partial charge in [0.1, 0.15) is 0 Å². The molecule has 0 bridgehead atoms. The van der Waals surface area contributed by atoms with Crippen LogP contribution >= 0.6 is 0 Å². The number of aromatic nitrogens is 2. The van der Waals surface area contributed by atoms with Crippen molar-refractivity contribution in [2.45, 2.75) is 43.9 Å². The van der Waals surface area contributed by atoms with E-state index in [4.69, 9.17) is 5.11 Å². The molecule has 0 radical (unpaired) electrons. The van der Waals surface area contributed by atoms with Gasteiger partial charge in [0, 0.05) is 48.8 Å². The molecule has 192 valence electrons. The molecule has 3 N–H and O–H groups in total. The van der Waals surface area contributed by atoms with E-state index in [1.165, 1.54) is 16.8 Å². The average molecular weight is 499 g/mol. The zero-order valence-electron chi connectivity index (χ0n) is 21.4. The lowest BCUT2D eigenvalue weighted by Crippen LogP contribution is -2.31. The van der Waals surface area contributed by atoms with Gasteiger partial charge in [0.25, 0.3) is 0 Å². The second kappa shape index (κ2) is 10.2. The standard InChI is InChI=1S/C25H26N4O.C5H8O2/c1-29(2)20-10-6-9-19(15-20)25(18-7-4-3-5-8-18)14-13-21-22(16-25)27-28-23(21)26-24(30)17-11-12-17;6-5(7)4-2-1-3-4/h3-10,13-15,17H,11-12,16H2,1-2H3,(H2,26,27,28,30);4H,1-3H2,(H,6,7). The molecule has 2 aromatic carbocycles. The van der Waals surface area contributed by atoms with Gasteiger partial charge in [-0.1, -0.05) is 61.0 Å². The summed E-state index contributed by atoms with van der Waals surface area (Å²) in [6.45, 7) is 0. The monoisotopic (exact) mass is 498 g/mol. The van der Waals surface area contributed by atoms with Gasteiger partial charge >= 0.3 is 5.97 Å². The molecule has 0 aliphatic heterocycles. The highest BCUT2D eigenvalue weighted by Gasteiger charge is 2.37. The normalized spacial score (nSPS) is 20.2. The number of allylic oxidation sites excluding steroid dienone is 1. The first-order chi connectivity index (χ1) is 17.9. The van der Waals surface area contributed by atoms with Crippen LogP contribution in [0.1, 0.15) is 54.5 Å². The van der Waals surface area contributed by atoms with Crippen LogP contribution in [0.2, 0.25) is 0 Å². The summed E-state index contributed by atoms with van der Waals surface area (Å²) in [4.78, 5) is 24.3. The van der Waals surface area contributed by atoms with Gasteiger partial charge in [-0.2, -0.15) is 5.10 Å². The molecule has 3 aliphatic carbocycles. The smallest absolute Gasteiger partial charge is 0.306 e. The molecule has 2 fully saturated rings. The molecule has 0 saturated heterocycles. The van der Waals surface area contributed by atoms with Crippen LogP contribution < -0.4 is 10.2 Å². The molecule has 3 aliphatic rings. The molecular formula is C30H34N4O3. The molecule has 1 unspecified atom stereocenters. The van der Waals surface area contributed by atoms with Crippen LogP contribution in [-0.4, -0.2) is 41.3 Å². The summed E-state index contributed by atoms with van der Waals surface area (Å²) >= 11 is 0. The van der Waals surface area contributed by atoms with Crippen molar-refractivity contribution in [3.05, 3.63) is 83.1 Å². The largest absolute Gasteiger partial charge is 0.481 e. The lowest BCUT2D eigenvalue weighted by molar-refractivity contribution is -0.144. The number of H-pyrrole nitrogens is 1. The zero-order valence-corrected chi connectivity index (χ0v) is 21.4. The van der Waals surface area contributed by atoms with E-state index in [1.807, 2.05) is 6.07 Å². The maximum Gasteiger partial charge on any atom is 0.306 e. The summed E-state index contributed by atoms with van der Waals surface area (Å²) in [6.07, 6.45) is 10.00. The van der Waals surface area contributed by atoms with Crippen molar-refractivity contribution in [1.29, 1.82) is 0 Å². The van der Waals surface area contributed by atoms with Crippen LogP contribution in [0.5, 0.6) is 0 Å². The van der Waals surface area contributed by atoms with E-state index in [9.17, 15) is 9.59 Å². The van der Waals surface area contributed by atoms with Gasteiger partial charge in [0.05, 0.1) is 5.92 Å². The summed E-state index contributed by atoms with van der Waals surface area (Å²) in [5.41, 5.74) is 5.37. The number of hydrogen-bond acceptors (Lipinski definition) is 4. The number of carbonyl (C=O) groups excluding carboxylic acids is 1. The second-order valence-electron chi connectivity index (χ2n) is 10.5. The number of nitrogens with one attached hydrogen (secondary N) is 2. The van der Waals surface area contributed by atoms with Crippen molar-refractivity contribution in [2.24, 2.45) is 11.8 Å². The number of aliphatic carboxylic acids is 1. The number of aromatic amines is 1. The van der Waals surface area contributed by atoms with Gasteiger partial charge in [-0.25, -0.2) is 0 Å². The Bertz CT molecular complexity index is 1310. The third-order valence-electron chi connectivity index (χ3n) is 7.68. The number of rotatable bonds is 6. The number of benzene rings is 2. The first kappa shape index (κ1) is 24.8. The van der Waals surface area contributed by atoms with Crippen LogP contribution in [-0.2, 0) is 21.4 Å². The lowest BCUT2D eigenvalue weighted by atomic mass is 9.68. The van der Waals surface area contributed by atoms with Gasteiger partial charge < -0.3 is 15.3 Å². The van der Waals surface area contributed by atoms with Crippen molar-refractivity contribution >= 4 is 29.5 Å². The Kier molecular flexibility index (Phi) is 6.87. The predicted molar refractivity (Wildman–Crippen MR) is 146 cm³/mol. The average Bonchev–Trinajstić information content (AvgIpc) is 3.65. The van der Waals surface area contributed by atoms with Gasteiger partial charge in [-0.15, -0.1) is 0 Å². The fourth-order valence-electron chi connectivity index (χ4n) is 4.94. The van der Waals surface area contributed by atoms with E-state index in [2.05, 4.69) is 95.2 Å². The van der Waals surface area contributed by atoms with Crippen molar-refractivity contribution in [3.63, 3.8) is 0 Å². The van der Waals surface area contributed by atoms with E-state index in [-0.39, 0.29) is 23.2 Å². The highest BCUT2D eigenvalue weighted by Crippen LogP contribution is 2.43. The van der Waals surface area contributed by atoms with Crippen molar-refractivity contribution in [2.75, 3.05) is 24.3 Å². The molecule has 2 saturated carbocycles. The fraction of sp³-hybridized carbons (Fsp3) is 0.367. The van der Waals surface area contributed by atoms with Crippen LogP contribution in [0.25, 0.3) is 6.08 Å². The SMILES string of the molecule is CN(C)c1cccc(C2(c3ccccc3)C=Cc3c(NC(=O)C4CC4)n[nH]c3C2)c1.O=C(O)C1CCC1. The Balaban J connectivity index is 0.000000348. The highest BCUT2D eigenvalue weighted by molar-refractivity contribution is 5.95. The molecule has 7 heteroatoms. The van der Waals surface area contributed by atoms with Crippen LogP contribution in [0, 0.1) is 11.8 Å².